The predicted octanol–water partition coefficient (Wildman–Crippen LogP) is 12.2. The highest BCUT2D eigenvalue weighted by Gasteiger charge is 2.59. The van der Waals surface area contributed by atoms with E-state index in [2.05, 4.69) is 75.2 Å². The number of hydrogen-bond donors (Lipinski definition) is 0. The van der Waals surface area contributed by atoms with Gasteiger partial charge in [0.2, 0.25) is 0 Å². The molecule has 2 aromatic rings. The van der Waals surface area contributed by atoms with Crippen LogP contribution in [0.15, 0.2) is 76.5 Å². The Morgan fingerprint density at radius 1 is 0.805 bits per heavy atom. The summed E-state index contributed by atoms with van der Waals surface area (Å²) in [5.41, 5.74) is 6.09. The van der Waals surface area contributed by atoms with E-state index in [1.54, 1.807) is 5.57 Å². The van der Waals surface area contributed by atoms with Crippen LogP contribution in [-0.4, -0.2) is 0 Å². The summed E-state index contributed by atoms with van der Waals surface area (Å²) >= 11 is 0. The zero-order valence-corrected chi connectivity index (χ0v) is 26.5. The Bertz CT molecular complexity index is 1240. The molecule has 2 nitrogen and oxygen atoms in total. The van der Waals surface area contributed by atoms with E-state index < -0.39 is 0 Å². The molecule has 3 fully saturated rings. The lowest BCUT2D eigenvalue weighted by molar-refractivity contribution is -0.0510. The largest absolute Gasteiger partial charge is 0.151 e. The standard InChI is InChI=1S/C39H54N2/c1-27(2)11-9-12-28(3)35-19-20-36-34-18-17-31-25-30(21-23-38(31,4)37(34)22-24-39(35,36)5)29-13-10-16-33(26-29)41-40-32-14-7-6-8-15-32/h6-8,10,13-17,26-28,30,34-37H,9,11-12,18-25H2,1-5H3/t28-,30?,34?,35-,36?,37?,38+,39-/m1/s1. The molecule has 2 heteroatoms. The van der Waals surface area contributed by atoms with Crippen LogP contribution in [0.25, 0.3) is 0 Å². The molecule has 41 heavy (non-hydrogen) atoms. The maximum atomic E-state index is 4.57. The zero-order chi connectivity index (χ0) is 28.6. The van der Waals surface area contributed by atoms with Gasteiger partial charge in [-0.2, -0.15) is 10.2 Å². The maximum absolute atomic E-state index is 4.57. The van der Waals surface area contributed by atoms with Gasteiger partial charge in [0, 0.05) is 0 Å². The van der Waals surface area contributed by atoms with E-state index >= 15 is 0 Å². The van der Waals surface area contributed by atoms with Gasteiger partial charge in [0.15, 0.2) is 0 Å². The van der Waals surface area contributed by atoms with E-state index in [9.17, 15) is 0 Å². The molecule has 8 atom stereocenters. The molecule has 3 saturated carbocycles. The minimum absolute atomic E-state index is 0.409. The summed E-state index contributed by atoms with van der Waals surface area (Å²) in [6.07, 6.45) is 18.1. The second-order valence-electron chi connectivity index (χ2n) is 15.4. The number of nitrogens with zero attached hydrogens (tertiary/aromatic N) is 2. The van der Waals surface area contributed by atoms with Gasteiger partial charge >= 0.3 is 0 Å². The molecule has 220 valence electrons. The molecular weight excluding hydrogens is 496 g/mol. The fourth-order valence-electron chi connectivity index (χ4n) is 10.4. The quantitative estimate of drug-likeness (QED) is 0.231. The first-order valence-corrected chi connectivity index (χ1v) is 17.0. The van der Waals surface area contributed by atoms with E-state index in [0.717, 1.165) is 46.9 Å². The molecule has 6 rings (SSSR count). The number of fused-ring (bicyclic) bond motifs is 5. The maximum Gasteiger partial charge on any atom is 0.0859 e. The van der Waals surface area contributed by atoms with E-state index in [4.69, 9.17) is 0 Å². The molecule has 2 aromatic carbocycles. The Labute approximate surface area is 250 Å². The number of rotatable bonds is 8. The molecule has 0 saturated heterocycles. The number of azo groups is 1. The van der Waals surface area contributed by atoms with Crippen molar-refractivity contribution >= 4 is 11.4 Å². The molecule has 0 aliphatic heterocycles. The molecule has 0 bridgehead atoms. The molecule has 0 amide bonds. The SMILES string of the molecule is CC(C)CCC[C@@H](C)[C@H]1CCC2C3CC=C4CC(c5cccc(N=Nc6ccccc6)c5)CC[C@]4(C)C3CC[C@@]21C. The molecule has 4 unspecified atom stereocenters. The van der Waals surface area contributed by atoms with Crippen LogP contribution in [0, 0.1) is 46.3 Å². The van der Waals surface area contributed by atoms with Crippen molar-refractivity contribution < 1.29 is 0 Å². The summed E-state index contributed by atoms with van der Waals surface area (Å²) in [6, 6.07) is 18.9. The highest BCUT2D eigenvalue weighted by atomic mass is 15.1. The Morgan fingerprint density at radius 3 is 2.39 bits per heavy atom. The van der Waals surface area contributed by atoms with Gasteiger partial charge in [-0.1, -0.05) is 95.9 Å². The van der Waals surface area contributed by atoms with Gasteiger partial charge in [0.1, 0.15) is 0 Å². The summed E-state index contributed by atoms with van der Waals surface area (Å²) in [6.45, 7) is 12.8. The van der Waals surface area contributed by atoms with Crippen LogP contribution in [0.2, 0.25) is 0 Å². The lowest BCUT2D eigenvalue weighted by atomic mass is 9.46. The first-order valence-electron chi connectivity index (χ1n) is 17.0. The van der Waals surface area contributed by atoms with Gasteiger partial charge < -0.3 is 0 Å². The van der Waals surface area contributed by atoms with E-state index in [1.165, 1.54) is 76.2 Å². The van der Waals surface area contributed by atoms with Crippen molar-refractivity contribution in [1.82, 2.24) is 0 Å². The van der Waals surface area contributed by atoms with Crippen molar-refractivity contribution in [3.8, 4) is 0 Å². The molecule has 0 spiro atoms. The third kappa shape index (κ3) is 5.62. The Morgan fingerprint density at radius 2 is 1.59 bits per heavy atom. The summed E-state index contributed by atoms with van der Waals surface area (Å²) in [4.78, 5) is 0. The van der Waals surface area contributed by atoms with Crippen LogP contribution in [0.1, 0.15) is 117 Å². The fourth-order valence-corrected chi connectivity index (χ4v) is 10.4. The predicted molar refractivity (Wildman–Crippen MR) is 173 cm³/mol. The summed E-state index contributed by atoms with van der Waals surface area (Å²) < 4.78 is 0. The average Bonchev–Trinajstić information content (AvgIpc) is 3.33. The number of benzene rings is 2. The van der Waals surface area contributed by atoms with E-state index in [1.807, 2.05) is 30.3 Å². The molecule has 4 aliphatic rings. The number of allylic oxidation sites excluding steroid dienone is 2. The molecule has 0 heterocycles. The second-order valence-corrected chi connectivity index (χ2v) is 15.4. The van der Waals surface area contributed by atoms with Gasteiger partial charge in [-0.15, -0.1) is 0 Å². The molecule has 4 aliphatic carbocycles. The van der Waals surface area contributed by atoms with Crippen LogP contribution >= 0.6 is 0 Å². The topological polar surface area (TPSA) is 24.7 Å². The van der Waals surface area contributed by atoms with Gasteiger partial charge in [-0.05, 0) is 133 Å². The van der Waals surface area contributed by atoms with Crippen molar-refractivity contribution in [2.45, 2.75) is 111 Å². The lowest BCUT2D eigenvalue weighted by Gasteiger charge is -2.58. The average molecular weight is 551 g/mol. The minimum Gasteiger partial charge on any atom is -0.151 e. The van der Waals surface area contributed by atoms with Gasteiger partial charge in [-0.3, -0.25) is 0 Å². The summed E-state index contributed by atoms with van der Waals surface area (Å²) in [5, 5.41) is 9.04. The molecular formula is C39H54N2. The van der Waals surface area contributed by atoms with Gasteiger partial charge in [0.05, 0.1) is 11.4 Å². The lowest BCUT2D eigenvalue weighted by Crippen LogP contribution is -2.50. The highest BCUT2D eigenvalue weighted by Crippen LogP contribution is 2.68. The second kappa shape index (κ2) is 11.8. The van der Waals surface area contributed by atoms with Crippen molar-refractivity contribution in [1.29, 1.82) is 0 Å². The Kier molecular flexibility index (Phi) is 8.32. The van der Waals surface area contributed by atoms with E-state index in [-0.39, 0.29) is 0 Å². The zero-order valence-electron chi connectivity index (χ0n) is 26.5. The first-order chi connectivity index (χ1) is 19.8. The fraction of sp³-hybridized carbons (Fsp3) is 0.641. The third-order valence-corrected chi connectivity index (χ3v) is 12.7. The Hall–Kier alpha value is -2.22. The first kappa shape index (κ1) is 28.9. The normalized spacial score (nSPS) is 35.6. The van der Waals surface area contributed by atoms with Crippen LogP contribution in [0.5, 0.6) is 0 Å². The van der Waals surface area contributed by atoms with Crippen molar-refractivity contribution in [3.05, 3.63) is 71.8 Å². The van der Waals surface area contributed by atoms with Crippen molar-refractivity contribution in [2.75, 3.05) is 0 Å². The monoisotopic (exact) mass is 550 g/mol. The van der Waals surface area contributed by atoms with E-state index in [0.29, 0.717) is 16.7 Å². The summed E-state index contributed by atoms with van der Waals surface area (Å²) in [7, 11) is 0. The molecule has 0 aromatic heterocycles. The van der Waals surface area contributed by atoms with Crippen molar-refractivity contribution in [2.24, 2.45) is 56.6 Å². The third-order valence-electron chi connectivity index (χ3n) is 12.7. The number of hydrogen-bond acceptors (Lipinski definition) is 2. The summed E-state index contributed by atoms with van der Waals surface area (Å²) in [5.74, 6) is 6.03. The smallest absolute Gasteiger partial charge is 0.0859 e. The van der Waals surface area contributed by atoms with Crippen LogP contribution < -0.4 is 0 Å². The van der Waals surface area contributed by atoms with Gasteiger partial charge in [0.25, 0.3) is 0 Å². The van der Waals surface area contributed by atoms with Crippen LogP contribution in [0.3, 0.4) is 0 Å². The van der Waals surface area contributed by atoms with Gasteiger partial charge in [-0.25, -0.2) is 0 Å². The van der Waals surface area contributed by atoms with Crippen molar-refractivity contribution in [3.63, 3.8) is 0 Å². The van der Waals surface area contributed by atoms with Crippen LogP contribution in [-0.2, 0) is 0 Å². The highest BCUT2D eigenvalue weighted by molar-refractivity contribution is 5.44. The Balaban J connectivity index is 1.14. The minimum atomic E-state index is 0.409. The van der Waals surface area contributed by atoms with Crippen LogP contribution in [0.4, 0.5) is 11.4 Å². The molecule has 0 radical (unpaired) electrons. The molecule has 0 N–H and O–H groups in total.